The van der Waals surface area contributed by atoms with Crippen LogP contribution in [-0.4, -0.2) is 48.6 Å². The van der Waals surface area contributed by atoms with Crippen LogP contribution in [0.1, 0.15) is 67.2 Å². The van der Waals surface area contributed by atoms with E-state index in [1.54, 1.807) is 0 Å². The van der Waals surface area contributed by atoms with Gasteiger partial charge in [0.25, 0.3) is 0 Å². The lowest BCUT2D eigenvalue weighted by Crippen LogP contribution is -2.48. The van der Waals surface area contributed by atoms with Crippen LogP contribution in [0.5, 0.6) is 0 Å². The van der Waals surface area contributed by atoms with Gasteiger partial charge in [-0.15, -0.1) is 0 Å². The Kier molecular flexibility index (Phi) is 14.9. The van der Waals surface area contributed by atoms with Crippen LogP contribution in [-0.2, 0) is 14.3 Å². The number of esters is 1. The first-order valence-electron chi connectivity index (χ1n) is 13.2. The molecule has 6 heteroatoms. The molecule has 0 saturated carbocycles. The number of ether oxygens (including phenoxy) is 2. The summed E-state index contributed by atoms with van der Waals surface area (Å²) in [5.74, 6) is 0.475. The van der Waals surface area contributed by atoms with Gasteiger partial charge in [-0.05, 0) is 45.4 Å². The first-order chi connectivity index (χ1) is 17.0. The van der Waals surface area contributed by atoms with Gasteiger partial charge in [0.1, 0.15) is 0 Å². The molecule has 1 fully saturated rings. The molecule has 0 aromatic heterocycles. The van der Waals surface area contributed by atoms with Crippen molar-refractivity contribution in [3.05, 3.63) is 59.8 Å². The molecule has 6 nitrogen and oxygen atoms in total. The van der Waals surface area contributed by atoms with Gasteiger partial charge in [-0.1, -0.05) is 80.5 Å². The summed E-state index contributed by atoms with van der Waals surface area (Å²) >= 11 is 0. The predicted octanol–water partition coefficient (Wildman–Crippen LogP) is 4.99. The van der Waals surface area contributed by atoms with Gasteiger partial charge >= 0.3 is 5.97 Å². The molecule has 1 saturated heterocycles. The van der Waals surface area contributed by atoms with Gasteiger partial charge in [0.15, 0.2) is 0 Å². The number of hydrogen-bond acceptors (Lipinski definition) is 6. The van der Waals surface area contributed by atoms with Crippen LogP contribution in [0, 0.1) is 17.8 Å². The molecule has 8 atom stereocenters. The van der Waals surface area contributed by atoms with E-state index >= 15 is 0 Å². The van der Waals surface area contributed by atoms with Crippen LogP contribution in [0.2, 0.25) is 0 Å². The third kappa shape index (κ3) is 12.3. The summed E-state index contributed by atoms with van der Waals surface area (Å²) in [6.07, 6.45) is 18.3. The standard InChI is InChI=1S/C30H50N2O4/c1-8-10-28-24(6)27(33)19-29(36-28)26(32)12-9-11-20(2)15-23(5)16-21(3)13-14-22(4)17-25(31)18-30(34)35-7/h8-14,16,22-29,33H,15,17-19,31-32H2,1-7H3/b10-8+,12-9+,14-13+,20-11+,21-16-/t22?,23?,24?,25?,26?,27-,28+,29+/m1/s1. The SMILES string of the molecule is C/C=C/[C@@H]1O[C@H](C(N)/C=C/C=C(\C)CC(C)/C=C(C)\C=C\C(C)CC(N)CC(=O)OC)C[C@@H](O)C1C. The van der Waals surface area contributed by atoms with E-state index in [0.717, 1.165) is 12.8 Å². The minimum absolute atomic E-state index is 0.0657. The second-order valence-corrected chi connectivity index (χ2v) is 10.5. The molecular formula is C30H50N2O4. The molecule has 0 aromatic rings. The highest BCUT2D eigenvalue weighted by molar-refractivity contribution is 5.69. The maximum atomic E-state index is 11.3. The van der Waals surface area contributed by atoms with E-state index in [-0.39, 0.29) is 48.5 Å². The Morgan fingerprint density at radius 3 is 2.50 bits per heavy atom. The van der Waals surface area contributed by atoms with Crippen molar-refractivity contribution in [1.82, 2.24) is 0 Å². The van der Waals surface area contributed by atoms with Gasteiger partial charge in [-0.3, -0.25) is 4.79 Å². The minimum Gasteiger partial charge on any atom is -0.469 e. The molecule has 1 aliphatic rings. The fourth-order valence-corrected chi connectivity index (χ4v) is 4.58. The predicted molar refractivity (Wildman–Crippen MR) is 149 cm³/mol. The number of carbonyl (C=O) groups is 1. The number of nitrogens with two attached hydrogens (primary N) is 2. The fourth-order valence-electron chi connectivity index (χ4n) is 4.58. The van der Waals surface area contributed by atoms with Gasteiger partial charge < -0.3 is 26.0 Å². The van der Waals surface area contributed by atoms with E-state index in [4.69, 9.17) is 16.2 Å². The molecule has 1 heterocycles. The molecule has 0 aliphatic carbocycles. The molecule has 5 unspecified atom stereocenters. The first kappa shape index (κ1) is 32.0. The van der Waals surface area contributed by atoms with Crippen molar-refractivity contribution < 1.29 is 19.4 Å². The van der Waals surface area contributed by atoms with Gasteiger partial charge in [0.2, 0.25) is 0 Å². The van der Waals surface area contributed by atoms with Crippen molar-refractivity contribution in [2.24, 2.45) is 29.2 Å². The lowest BCUT2D eigenvalue weighted by molar-refractivity contribution is -0.141. The van der Waals surface area contributed by atoms with Crippen molar-refractivity contribution in [3.8, 4) is 0 Å². The molecule has 0 bridgehead atoms. The van der Waals surface area contributed by atoms with E-state index in [2.05, 4.69) is 56.7 Å². The highest BCUT2D eigenvalue weighted by Crippen LogP contribution is 2.28. The quantitative estimate of drug-likeness (QED) is 0.186. The summed E-state index contributed by atoms with van der Waals surface area (Å²) < 4.78 is 10.8. The van der Waals surface area contributed by atoms with E-state index < -0.39 is 6.10 Å². The van der Waals surface area contributed by atoms with E-state index in [0.29, 0.717) is 12.3 Å². The first-order valence-corrected chi connectivity index (χ1v) is 13.2. The molecule has 0 spiro atoms. The molecule has 0 radical (unpaired) electrons. The zero-order valence-electron chi connectivity index (χ0n) is 23.4. The second kappa shape index (κ2) is 16.7. The number of methoxy groups -OCH3 is 1. The Labute approximate surface area is 219 Å². The number of allylic oxidation sites excluding steroid dienone is 8. The lowest BCUT2D eigenvalue weighted by atomic mass is 9.88. The Morgan fingerprint density at radius 2 is 1.86 bits per heavy atom. The van der Waals surface area contributed by atoms with Crippen molar-refractivity contribution >= 4 is 5.97 Å². The van der Waals surface area contributed by atoms with E-state index in [1.165, 1.54) is 18.3 Å². The van der Waals surface area contributed by atoms with Crippen LogP contribution < -0.4 is 11.5 Å². The number of rotatable bonds is 13. The van der Waals surface area contributed by atoms with Crippen molar-refractivity contribution in [2.75, 3.05) is 7.11 Å². The monoisotopic (exact) mass is 502 g/mol. The van der Waals surface area contributed by atoms with E-state index in [1.807, 2.05) is 38.2 Å². The molecule has 36 heavy (non-hydrogen) atoms. The van der Waals surface area contributed by atoms with Gasteiger partial charge in [0.05, 0.1) is 31.8 Å². The normalized spacial score (nSPS) is 27.5. The summed E-state index contributed by atoms with van der Waals surface area (Å²) in [5.41, 5.74) is 14.9. The molecule has 204 valence electrons. The van der Waals surface area contributed by atoms with Crippen LogP contribution in [0.15, 0.2) is 59.8 Å². The zero-order chi connectivity index (χ0) is 27.3. The lowest BCUT2D eigenvalue weighted by Gasteiger charge is -2.38. The highest BCUT2D eigenvalue weighted by atomic mass is 16.5. The van der Waals surface area contributed by atoms with Crippen LogP contribution in [0.25, 0.3) is 0 Å². The topological polar surface area (TPSA) is 108 Å². The van der Waals surface area contributed by atoms with Gasteiger partial charge in [-0.2, -0.15) is 0 Å². The zero-order valence-corrected chi connectivity index (χ0v) is 23.4. The summed E-state index contributed by atoms with van der Waals surface area (Å²) in [6.45, 7) is 12.5. The van der Waals surface area contributed by atoms with Gasteiger partial charge in [0, 0.05) is 24.4 Å². The number of aliphatic hydroxyl groups excluding tert-OH is 1. The van der Waals surface area contributed by atoms with Crippen LogP contribution in [0.3, 0.4) is 0 Å². The van der Waals surface area contributed by atoms with Crippen molar-refractivity contribution in [3.63, 3.8) is 0 Å². The molecular weight excluding hydrogens is 452 g/mol. The average Bonchev–Trinajstić information content (AvgIpc) is 2.80. The highest BCUT2D eigenvalue weighted by Gasteiger charge is 2.35. The number of aliphatic hydroxyl groups is 1. The summed E-state index contributed by atoms with van der Waals surface area (Å²) in [4.78, 5) is 11.3. The number of carbonyl (C=O) groups excluding carboxylic acids is 1. The smallest absolute Gasteiger partial charge is 0.307 e. The molecule has 0 amide bonds. The molecule has 1 aliphatic heterocycles. The Balaban J connectivity index is 2.56. The van der Waals surface area contributed by atoms with E-state index in [9.17, 15) is 9.90 Å². The maximum absolute atomic E-state index is 11.3. The Hall–Kier alpha value is -1.99. The van der Waals surface area contributed by atoms with Crippen molar-refractivity contribution in [1.29, 1.82) is 0 Å². The molecule has 1 rings (SSSR count). The second-order valence-electron chi connectivity index (χ2n) is 10.5. The minimum atomic E-state index is -0.411. The maximum Gasteiger partial charge on any atom is 0.307 e. The summed E-state index contributed by atoms with van der Waals surface area (Å²) in [5, 5.41) is 10.4. The largest absolute Gasteiger partial charge is 0.469 e. The Bertz CT molecular complexity index is 814. The van der Waals surface area contributed by atoms with Crippen molar-refractivity contribution in [2.45, 2.75) is 97.6 Å². The fraction of sp³-hybridized carbons (Fsp3) is 0.633. The molecule has 5 N–H and O–H groups in total. The third-order valence-corrected chi connectivity index (χ3v) is 6.67. The summed E-state index contributed by atoms with van der Waals surface area (Å²) in [7, 11) is 1.38. The van der Waals surface area contributed by atoms with Crippen LogP contribution >= 0.6 is 0 Å². The summed E-state index contributed by atoms with van der Waals surface area (Å²) in [6, 6.07) is -0.460. The average molecular weight is 503 g/mol. The number of hydrogen-bond donors (Lipinski definition) is 3. The van der Waals surface area contributed by atoms with Crippen LogP contribution in [0.4, 0.5) is 0 Å². The van der Waals surface area contributed by atoms with Gasteiger partial charge in [-0.25, -0.2) is 0 Å². The molecule has 0 aromatic carbocycles. The third-order valence-electron chi connectivity index (χ3n) is 6.67. The Morgan fingerprint density at radius 1 is 1.17 bits per heavy atom.